The van der Waals surface area contributed by atoms with E-state index in [2.05, 4.69) is 5.32 Å². The molecule has 1 aliphatic carbocycles. The average Bonchev–Trinajstić information content (AvgIpc) is 2.82. The highest BCUT2D eigenvalue weighted by atomic mass is 35.5. The van der Waals surface area contributed by atoms with Crippen LogP contribution in [0.2, 0.25) is 5.02 Å². The van der Waals surface area contributed by atoms with E-state index in [1.807, 2.05) is 30.3 Å². The Labute approximate surface area is 213 Å². The molecule has 0 radical (unpaired) electrons. The Bertz CT molecular complexity index is 1130. The number of nitrogens with one attached hydrogen (secondary N) is 1. The summed E-state index contributed by atoms with van der Waals surface area (Å²) in [4.78, 5) is 28.2. The minimum Gasteiger partial charge on any atom is -0.352 e. The fourth-order valence-electron chi connectivity index (χ4n) is 4.38. The van der Waals surface area contributed by atoms with Crippen molar-refractivity contribution < 1.29 is 18.0 Å². The SMILES string of the molecule is Cc1ccc(Cl)cc1N(CC(=O)N(Cc1ccccc1)[C@@H](C)C(=O)NC1CCCCC1)S(C)(=O)=O. The quantitative estimate of drug-likeness (QED) is 0.535. The Kier molecular flexibility index (Phi) is 9.19. The summed E-state index contributed by atoms with van der Waals surface area (Å²) in [6, 6.07) is 13.6. The summed E-state index contributed by atoms with van der Waals surface area (Å²) >= 11 is 6.13. The second kappa shape index (κ2) is 11.9. The summed E-state index contributed by atoms with van der Waals surface area (Å²) in [6.45, 7) is 3.20. The smallest absolute Gasteiger partial charge is 0.244 e. The highest BCUT2D eigenvalue weighted by Crippen LogP contribution is 2.27. The maximum Gasteiger partial charge on any atom is 0.244 e. The van der Waals surface area contributed by atoms with E-state index in [-0.39, 0.29) is 18.5 Å². The highest BCUT2D eigenvalue weighted by Gasteiger charge is 2.31. The Morgan fingerprint density at radius 1 is 1.09 bits per heavy atom. The molecule has 0 bridgehead atoms. The lowest BCUT2D eigenvalue weighted by atomic mass is 9.95. The summed E-state index contributed by atoms with van der Waals surface area (Å²) in [6.07, 6.45) is 6.25. The van der Waals surface area contributed by atoms with E-state index in [0.29, 0.717) is 16.3 Å². The number of amides is 2. The summed E-state index contributed by atoms with van der Waals surface area (Å²) in [7, 11) is -3.80. The van der Waals surface area contributed by atoms with Crippen molar-refractivity contribution in [1.82, 2.24) is 10.2 Å². The maximum atomic E-state index is 13.6. The van der Waals surface area contributed by atoms with E-state index >= 15 is 0 Å². The number of halogens is 1. The van der Waals surface area contributed by atoms with Crippen molar-refractivity contribution in [1.29, 1.82) is 0 Å². The molecule has 190 valence electrons. The molecule has 0 spiro atoms. The molecule has 35 heavy (non-hydrogen) atoms. The number of hydrogen-bond acceptors (Lipinski definition) is 4. The molecule has 0 heterocycles. The van der Waals surface area contributed by atoms with Crippen LogP contribution in [-0.2, 0) is 26.2 Å². The molecule has 1 N–H and O–H groups in total. The van der Waals surface area contributed by atoms with Crippen molar-refractivity contribution in [2.24, 2.45) is 0 Å². The van der Waals surface area contributed by atoms with Crippen molar-refractivity contribution in [2.75, 3.05) is 17.1 Å². The van der Waals surface area contributed by atoms with Crippen molar-refractivity contribution in [3.8, 4) is 0 Å². The van der Waals surface area contributed by atoms with Crippen molar-refractivity contribution >= 4 is 39.1 Å². The summed E-state index contributed by atoms with van der Waals surface area (Å²) < 4.78 is 26.5. The maximum absolute atomic E-state index is 13.6. The van der Waals surface area contributed by atoms with E-state index in [0.717, 1.165) is 41.8 Å². The van der Waals surface area contributed by atoms with Gasteiger partial charge in [0, 0.05) is 17.6 Å². The third-order valence-corrected chi connectivity index (χ3v) is 7.80. The number of rotatable bonds is 9. The molecular weight excluding hydrogens is 486 g/mol. The average molecular weight is 520 g/mol. The van der Waals surface area contributed by atoms with E-state index < -0.39 is 28.5 Å². The number of sulfonamides is 1. The zero-order chi connectivity index (χ0) is 25.6. The van der Waals surface area contributed by atoms with Crippen LogP contribution in [0.4, 0.5) is 5.69 Å². The standard InChI is InChI=1S/C26H34ClN3O4S/c1-19-14-15-22(27)16-24(19)30(35(3,33)34)18-25(31)29(17-21-10-6-4-7-11-21)20(2)26(32)28-23-12-8-5-9-13-23/h4,6-7,10-11,14-16,20,23H,5,8-9,12-13,17-18H2,1-3H3,(H,28,32)/t20-/m0/s1. The van der Waals surface area contributed by atoms with Crippen LogP contribution < -0.4 is 9.62 Å². The molecule has 7 nitrogen and oxygen atoms in total. The van der Waals surface area contributed by atoms with Crippen LogP contribution in [0.3, 0.4) is 0 Å². The lowest BCUT2D eigenvalue weighted by Gasteiger charge is -2.33. The first-order chi connectivity index (χ1) is 16.6. The molecule has 0 aromatic heterocycles. The Hall–Kier alpha value is -2.58. The molecule has 1 saturated carbocycles. The number of nitrogens with zero attached hydrogens (tertiary/aromatic N) is 2. The van der Waals surface area contributed by atoms with Crippen LogP contribution in [-0.4, -0.2) is 50.0 Å². The molecular formula is C26H34ClN3O4S. The highest BCUT2D eigenvalue weighted by molar-refractivity contribution is 7.92. The first-order valence-corrected chi connectivity index (χ1v) is 14.2. The number of carbonyl (C=O) groups excluding carboxylic acids is 2. The van der Waals surface area contributed by atoms with Gasteiger partial charge in [0.25, 0.3) is 0 Å². The van der Waals surface area contributed by atoms with Gasteiger partial charge in [0.05, 0.1) is 11.9 Å². The summed E-state index contributed by atoms with van der Waals surface area (Å²) in [5.41, 5.74) is 1.86. The number of aryl methyl sites for hydroxylation is 1. The number of hydrogen-bond donors (Lipinski definition) is 1. The lowest BCUT2D eigenvalue weighted by molar-refractivity contribution is -0.139. The zero-order valence-corrected chi connectivity index (χ0v) is 22.1. The number of anilines is 1. The van der Waals surface area contributed by atoms with Gasteiger partial charge in [0.15, 0.2) is 0 Å². The Morgan fingerprint density at radius 3 is 2.37 bits per heavy atom. The Morgan fingerprint density at radius 2 is 1.74 bits per heavy atom. The molecule has 0 unspecified atom stereocenters. The van der Waals surface area contributed by atoms with Crippen LogP contribution in [0.1, 0.15) is 50.2 Å². The molecule has 2 amide bonds. The van der Waals surface area contributed by atoms with Gasteiger partial charge in [-0.15, -0.1) is 0 Å². The van der Waals surface area contributed by atoms with Gasteiger partial charge in [-0.05, 0) is 49.9 Å². The normalized spacial score (nSPS) is 15.3. The summed E-state index contributed by atoms with van der Waals surface area (Å²) in [5, 5.41) is 3.46. The monoisotopic (exact) mass is 519 g/mol. The molecule has 3 rings (SSSR count). The second-order valence-electron chi connectivity index (χ2n) is 9.23. The predicted molar refractivity (Wildman–Crippen MR) is 140 cm³/mol. The van der Waals surface area contributed by atoms with Crippen molar-refractivity contribution in [3.63, 3.8) is 0 Å². The van der Waals surface area contributed by atoms with Gasteiger partial charge in [-0.2, -0.15) is 0 Å². The number of carbonyl (C=O) groups is 2. The van der Waals surface area contributed by atoms with E-state index in [1.54, 1.807) is 26.0 Å². The molecule has 0 aliphatic heterocycles. The van der Waals surface area contributed by atoms with Crippen molar-refractivity contribution in [2.45, 2.75) is 64.6 Å². The van der Waals surface area contributed by atoms with Gasteiger partial charge in [0.1, 0.15) is 12.6 Å². The molecule has 1 atom stereocenters. The van der Waals surface area contributed by atoms with E-state index in [4.69, 9.17) is 11.6 Å². The minimum absolute atomic E-state index is 0.106. The van der Waals surface area contributed by atoms with Gasteiger partial charge in [0.2, 0.25) is 21.8 Å². The van der Waals surface area contributed by atoms with Crippen LogP contribution >= 0.6 is 11.6 Å². The van der Waals surface area contributed by atoms with Crippen LogP contribution in [0.15, 0.2) is 48.5 Å². The van der Waals surface area contributed by atoms with Crippen LogP contribution in [0, 0.1) is 6.92 Å². The largest absolute Gasteiger partial charge is 0.352 e. The fourth-order valence-corrected chi connectivity index (χ4v) is 5.44. The van der Waals surface area contributed by atoms with Crippen molar-refractivity contribution in [3.05, 3.63) is 64.7 Å². The third-order valence-electron chi connectivity index (χ3n) is 6.43. The Balaban J connectivity index is 1.88. The third kappa shape index (κ3) is 7.45. The van der Waals surface area contributed by atoms with Crippen LogP contribution in [0.5, 0.6) is 0 Å². The van der Waals surface area contributed by atoms with Crippen LogP contribution in [0.25, 0.3) is 0 Å². The van der Waals surface area contributed by atoms with Gasteiger partial charge in [-0.3, -0.25) is 13.9 Å². The minimum atomic E-state index is -3.80. The molecule has 1 fully saturated rings. The van der Waals surface area contributed by atoms with Gasteiger partial charge in [-0.1, -0.05) is 67.3 Å². The first kappa shape index (κ1) is 27.0. The molecule has 0 saturated heterocycles. The van der Waals surface area contributed by atoms with Gasteiger partial charge in [-0.25, -0.2) is 8.42 Å². The van der Waals surface area contributed by atoms with Gasteiger partial charge < -0.3 is 10.2 Å². The van der Waals surface area contributed by atoms with E-state index in [1.165, 1.54) is 17.4 Å². The lowest BCUT2D eigenvalue weighted by Crippen LogP contribution is -2.53. The molecule has 1 aliphatic rings. The van der Waals surface area contributed by atoms with E-state index in [9.17, 15) is 18.0 Å². The topological polar surface area (TPSA) is 86.8 Å². The van der Waals surface area contributed by atoms with Gasteiger partial charge >= 0.3 is 0 Å². The molecule has 2 aromatic rings. The fraction of sp³-hybridized carbons (Fsp3) is 0.462. The molecule has 2 aromatic carbocycles. The first-order valence-electron chi connectivity index (χ1n) is 11.9. The molecule has 9 heteroatoms. The predicted octanol–water partition coefficient (Wildman–Crippen LogP) is 4.28. The number of benzene rings is 2. The summed E-state index contributed by atoms with van der Waals surface area (Å²) in [5.74, 6) is -0.698. The zero-order valence-electron chi connectivity index (χ0n) is 20.5. The second-order valence-corrected chi connectivity index (χ2v) is 11.6.